The summed E-state index contributed by atoms with van der Waals surface area (Å²) in [5, 5.41) is 13.8. The van der Waals surface area contributed by atoms with E-state index in [9.17, 15) is 5.26 Å². The molecule has 1 saturated heterocycles. The van der Waals surface area contributed by atoms with Gasteiger partial charge < -0.3 is 0 Å². The molecule has 110 valence electrons. The van der Waals surface area contributed by atoms with Crippen LogP contribution in [-0.2, 0) is 6.54 Å². The van der Waals surface area contributed by atoms with Crippen LogP contribution >= 0.6 is 0 Å². The van der Waals surface area contributed by atoms with Crippen LogP contribution in [0.4, 0.5) is 0 Å². The van der Waals surface area contributed by atoms with Crippen molar-refractivity contribution in [2.45, 2.75) is 45.8 Å². The molecule has 2 rings (SSSR count). The standard InChI is InChI=1S/C15H25N5/c1-13(2)20-6-5-14(17-20)11-18-7-9-19(10-8-18)15(3,4)12-16/h5-6,13H,7-11H2,1-4H3. The van der Waals surface area contributed by atoms with Crippen molar-refractivity contribution in [2.75, 3.05) is 26.2 Å². The van der Waals surface area contributed by atoms with E-state index in [0.717, 1.165) is 38.4 Å². The first-order valence-corrected chi connectivity index (χ1v) is 7.35. The Labute approximate surface area is 121 Å². The van der Waals surface area contributed by atoms with E-state index < -0.39 is 0 Å². The molecule has 1 aliphatic heterocycles. The predicted molar refractivity (Wildman–Crippen MR) is 79.2 cm³/mol. The van der Waals surface area contributed by atoms with Gasteiger partial charge in [-0.25, -0.2) is 0 Å². The van der Waals surface area contributed by atoms with Crippen LogP contribution in [0, 0.1) is 11.3 Å². The Morgan fingerprint density at radius 3 is 2.45 bits per heavy atom. The van der Waals surface area contributed by atoms with Gasteiger partial charge in [-0.2, -0.15) is 10.4 Å². The van der Waals surface area contributed by atoms with Crippen LogP contribution in [0.5, 0.6) is 0 Å². The molecule has 0 N–H and O–H groups in total. The second kappa shape index (κ2) is 5.94. The van der Waals surface area contributed by atoms with Gasteiger partial charge in [0, 0.05) is 45.0 Å². The molecule has 20 heavy (non-hydrogen) atoms. The number of rotatable bonds is 4. The van der Waals surface area contributed by atoms with Crippen molar-refractivity contribution in [3.8, 4) is 6.07 Å². The van der Waals surface area contributed by atoms with Gasteiger partial charge in [-0.1, -0.05) is 0 Å². The van der Waals surface area contributed by atoms with Crippen LogP contribution in [0.25, 0.3) is 0 Å². The van der Waals surface area contributed by atoms with E-state index in [1.807, 2.05) is 18.5 Å². The fourth-order valence-electron chi connectivity index (χ4n) is 2.51. The van der Waals surface area contributed by atoms with Crippen LogP contribution in [0.1, 0.15) is 39.4 Å². The Morgan fingerprint density at radius 1 is 1.30 bits per heavy atom. The van der Waals surface area contributed by atoms with Crippen LogP contribution < -0.4 is 0 Å². The Kier molecular flexibility index (Phi) is 4.46. The first-order chi connectivity index (χ1) is 9.42. The molecule has 0 bridgehead atoms. The largest absolute Gasteiger partial charge is 0.295 e. The third-order valence-electron chi connectivity index (χ3n) is 4.01. The van der Waals surface area contributed by atoms with Crippen LogP contribution in [0.3, 0.4) is 0 Å². The lowest BCUT2D eigenvalue weighted by atomic mass is 10.0. The van der Waals surface area contributed by atoms with E-state index in [4.69, 9.17) is 0 Å². The van der Waals surface area contributed by atoms with Gasteiger partial charge in [0.15, 0.2) is 0 Å². The zero-order valence-corrected chi connectivity index (χ0v) is 13.0. The van der Waals surface area contributed by atoms with Gasteiger partial charge in [0.1, 0.15) is 5.54 Å². The molecule has 0 radical (unpaired) electrons. The van der Waals surface area contributed by atoms with E-state index in [2.05, 4.69) is 47.1 Å². The maximum atomic E-state index is 9.18. The van der Waals surface area contributed by atoms with E-state index in [-0.39, 0.29) is 5.54 Å². The van der Waals surface area contributed by atoms with Gasteiger partial charge in [-0.05, 0) is 33.8 Å². The number of hydrogen-bond donors (Lipinski definition) is 0. The molecule has 5 nitrogen and oxygen atoms in total. The van der Waals surface area contributed by atoms with Crippen molar-refractivity contribution >= 4 is 0 Å². The zero-order valence-electron chi connectivity index (χ0n) is 13.0. The first kappa shape index (κ1) is 15.0. The van der Waals surface area contributed by atoms with E-state index in [0.29, 0.717) is 6.04 Å². The molecule has 0 aromatic carbocycles. The maximum absolute atomic E-state index is 9.18. The molecular formula is C15H25N5. The summed E-state index contributed by atoms with van der Waals surface area (Å²) < 4.78 is 2.00. The molecule has 0 unspecified atom stereocenters. The minimum atomic E-state index is -0.356. The second-order valence-corrected chi connectivity index (χ2v) is 6.31. The minimum Gasteiger partial charge on any atom is -0.295 e. The summed E-state index contributed by atoms with van der Waals surface area (Å²) >= 11 is 0. The highest BCUT2D eigenvalue weighted by molar-refractivity contribution is 5.04. The molecular weight excluding hydrogens is 250 g/mol. The Balaban J connectivity index is 1.87. The molecule has 1 aliphatic rings. The van der Waals surface area contributed by atoms with Crippen molar-refractivity contribution in [3.63, 3.8) is 0 Å². The molecule has 1 aromatic heterocycles. The van der Waals surface area contributed by atoms with Gasteiger partial charge in [0.2, 0.25) is 0 Å². The molecule has 1 aromatic rings. The van der Waals surface area contributed by atoms with Crippen molar-refractivity contribution in [2.24, 2.45) is 0 Å². The molecule has 0 aliphatic carbocycles. The van der Waals surface area contributed by atoms with Crippen LogP contribution in [0.15, 0.2) is 12.3 Å². The first-order valence-electron chi connectivity index (χ1n) is 7.35. The zero-order chi connectivity index (χ0) is 14.8. The highest BCUT2D eigenvalue weighted by Gasteiger charge is 2.29. The normalized spacial score (nSPS) is 18.4. The average molecular weight is 275 g/mol. The fourth-order valence-corrected chi connectivity index (χ4v) is 2.51. The van der Waals surface area contributed by atoms with Crippen LogP contribution in [-0.4, -0.2) is 51.3 Å². The third-order valence-corrected chi connectivity index (χ3v) is 4.01. The summed E-state index contributed by atoms with van der Waals surface area (Å²) in [4.78, 5) is 4.67. The summed E-state index contributed by atoms with van der Waals surface area (Å²) in [5.74, 6) is 0. The van der Waals surface area contributed by atoms with Gasteiger partial charge in [0.05, 0.1) is 11.8 Å². The Morgan fingerprint density at radius 2 is 1.95 bits per heavy atom. The second-order valence-electron chi connectivity index (χ2n) is 6.31. The molecule has 0 spiro atoms. The van der Waals surface area contributed by atoms with Crippen molar-refractivity contribution in [1.82, 2.24) is 19.6 Å². The van der Waals surface area contributed by atoms with Gasteiger partial charge in [0.25, 0.3) is 0 Å². The van der Waals surface area contributed by atoms with E-state index in [1.165, 1.54) is 0 Å². The Bertz CT molecular complexity index is 475. The maximum Gasteiger partial charge on any atom is 0.103 e. The topological polar surface area (TPSA) is 48.1 Å². The average Bonchev–Trinajstić information content (AvgIpc) is 2.88. The van der Waals surface area contributed by atoms with Gasteiger partial charge in [-0.15, -0.1) is 0 Å². The number of nitrogens with zero attached hydrogens (tertiary/aromatic N) is 5. The van der Waals surface area contributed by atoms with Crippen molar-refractivity contribution < 1.29 is 0 Å². The molecule has 0 amide bonds. The summed E-state index contributed by atoms with van der Waals surface area (Å²) in [6.45, 7) is 13.1. The quantitative estimate of drug-likeness (QED) is 0.842. The summed E-state index contributed by atoms with van der Waals surface area (Å²) in [7, 11) is 0. The molecule has 0 atom stereocenters. The SMILES string of the molecule is CC(C)n1ccc(CN2CCN(C(C)(C)C#N)CC2)n1. The molecule has 0 saturated carbocycles. The fraction of sp³-hybridized carbons (Fsp3) is 0.733. The van der Waals surface area contributed by atoms with Crippen LogP contribution in [0.2, 0.25) is 0 Å². The third kappa shape index (κ3) is 3.38. The molecule has 1 fully saturated rings. The highest BCUT2D eigenvalue weighted by Crippen LogP contribution is 2.17. The van der Waals surface area contributed by atoms with Gasteiger partial charge in [-0.3, -0.25) is 14.5 Å². The van der Waals surface area contributed by atoms with E-state index in [1.54, 1.807) is 0 Å². The lowest BCUT2D eigenvalue weighted by Crippen LogP contribution is -2.53. The van der Waals surface area contributed by atoms with E-state index >= 15 is 0 Å². The minimum absolute atomic E-state index is 0.356. The van der Waals surface area contributed by atoms with Gasteiger partial charge >= 0.3 is 0 Å². The monoisotopic (exact) mass is 275 g/mol. The summed E-state index contributed by atoms with van der Waals surface area (Å²) in [6.07, 6.45) is 2.05. The number of hydrogen-bond acceptors (Lipinski definition) is 4. The molecule has 5 heteroatoms. The predicted octanol–water partition coefficient (Wildman–Crippen LogP) is 1.88. The van der Waals surface area contributed by atoms with Crippen molar-refractivity contribution in [1.29, 1.82) is 5.26 Å². The Hall–Kier alpha value is -1.38. The molecule has 2 heterocycles. The summed E-state index contributed by atoms with van der Waals surface area (Å²) in [6, 6.07) is 4.90. The number of piperazine rings is 1. The number of nitriles is 1. The highest BCUT2D eigenvalue weighted by atomic mass is 15.3. The number of aromatic nitrogens is 2. The lowest BCUT2D eigenvalue weighted by Gasteiger charge is -2.40. The smallest absolute Gasteiger partial charge is 0.103 e. The lowest BCUT2D eigenvalue weighted by molar-refractivity contribution is 0.0756. The van der Waals surface area contributed by atoms with Crippen molar-refractivity contribution in [3.05, 3.63) is 18.0 Å². The summed E-state index contributed by atoms with van der Waals surface area (Å²) in [5.41, 5.74) is 0.775.